The van der Waals surface area contributed by atoms with Crippen molar-refractivity contribution in [2.24, 2.45) is 0 Å². The smallest absolute Gasteiger partial charge is 0.325 e. The Morgan fingerprint density at radius 2 is 1.81 bits per heavy atom. The molecule has 31 heavy (non-hydrogen) atoms. The molecule has 3 aromatic rings. The Kier molecular flexibility index (Phi) is 7.16. The summed E-state index contributed by atoms with van der Waals surface area (Å²) in [5.41, 5.74) is 4.34. The van der Waals surface area contributed by atoms with Crippen molar-refractivity contribution in [2.75, 3.05) is 11.9 Å². The second-order valence-electron chi connectivity index (χ2n) is 7.04. The highest BCUT2D eigenvalue weighted by Gasteiger charge is 2.13. The molecule has 0 unspecified atom stereocenters. The van der Waals surface area contributed by atoms with Gasteiger partial charge in [0.15, 0.2) is 6.61 Å². The summed E-state index contributed by atoms with van der Waals surface area (Å²) in [6, 6.07) is 14.4. The molecule has 8 nitrogen and oxygen atoms in total. The zero-order valence-electron chi connectivity index (χ0n) is 17.4. The molecule has 160 valence electrons. The lowest BCUT2D eigenvalue weighted by Crippen LogP contribution is -2.37. The van der Waals surface area contributed by atoms with Crippen molar-refractivity contribution in [2.45, 2.75) is 26.7 Å². The zero-order valence-corrected chi connectivity index (χ0v) is 17.4. The van der Waals surface area contributed by atoms with Gasteiger partial charge in [0.1, 0.15) is 0 Å². The van der Waals surface area contributed by atoms with Crippen LogP contribution in [-0.4, -0.2) is 34.3 Å². The highest BCUT2D eigenvalue weighted by Crippen LogP contribution is 2.17. The molecule has 0 aliphatic carbocycles. The predicted molar refractivity (Wildman–Crippen MR) is 116 cm³/mol. The summed E-state index contributed by atoms with van der Waals surface area (Å²) in [6.07, 6.45) is 4.06. The van der Waals surface area contributed by atoms with E-state index < -0.39 is 24.5 Å². The van der Waals surface area contributed by atoms with Crippen molar-refractivity contribution >= 4 is 23.6 Å². The van der Waals surface area contributed by atoms with Crippen LogP contribution in [-0.2, 0) is 20.7 Å². The molecule has 3 rings (SSSR count). The van der Waals surface area contributed by atoms with Gasteiger partial charge >= 0.3 is 12.0 Å². The molecule has 0 bridgehead atoms. The number of nitrogens with one attached hydrogen (secondary N) is 2. The lowest BCUT2D eigenvalue weighted by molar-refractivity contribution is -0.148. The van der Waals surface area contributed by atoms with E-state index in [0.29, 0.717) is 12.1 Å². The Labute approximate surface area is 180 Å². The van der Waals surface area contributed by atoms with E-state index in [1.54, 1.807) is 16.9 Å². The Balaban J connectivity index is 1.39. The molecule has 0 saturated heterocycles. The fourth-order valence-electron chi connectivity index (χ4n) is 2.88. The first-order chi connectivity index (χ1) is 14.9. The number of benzene rings is 2. The average Bonchev–Trinajstić information content (AvgIpc) is 3.24. The number of carbonyl (C=O) groups excluding carboxylic acids is 3. The highest BCUT2D eigenvalue weighted by molar-refractivity contribution is 6.02. The van der Waals surface area contributed by atoms with Crippen LogP contribution in [0.25, 0.3) is 5.69 Å². The van der Waals surface area contributed by atoms with Gasteiger partial charge in [0, 0.05) is 18.3 Å². The van der Waals surface area contributed by atoms with Crippen molar-refractivity contribution in [1.29, 1.82) is 0 Å². The Bertz CT molecular complexity index is 1080. The molecule has 0 aliphatic heterocycles. The molecule has 0 aliphatic rings. The molecular formula is C23H24N4O4. The molecule has 3 amide bonds. The van der Waals surface area contributed by atoms with Crippen molar-refractivity contribution in [3.8, 4) is 5.69 Å². The van der Waals surface area contributed by atoms with Gasteiger partial charge < -0.3 is 10.1 Å². The summed E-state index contributed by atoms with van der Waals surface area (Å²) in [5, 5.41) is 9.03. The number of hydrogen-bond acceptors (Lipinski definition) is 5. The molecule has 1 heterocycles. The second-order valence-corrected chi connectivity index (χ2v) is 7.04. The number of nitrogens with zero attached hydrogens (tertiary/aromatic N) is 2. The molecule has 8 heteroatoms. The van der Waals surface area contributed by atoms with Crippen LogP contribution >= 0.6 is 0 Å². The molecule has 0 spiro atoms. The maximum absolute atomic E-state index is 12.0. The molecule has 0 atom stereocenters. The van der Waals surface area contributed by atoms with Crippen LogP contribution in [0.15, 0.2) is 60.9 Å². The van der Waals surface area contributed by atoms with Gasteiger partial charge in [0.2, 0.25) is 0 Å². The summed E-state index contributed by atoms with van der Waals surface area (Å²) in [7, 11) is 0. The van der Waals surface area contributed by atoms with Gasteiger partial charge in [-0.05, 0) is 55.2 Å². The number of para-hydroxylation sites is 1. The van der Waals surface area contributed by atoms with Crippen LogP contribution in [0.2, 0.25) is 0 Å². The molecular weight excluding hydrogens is 396 g/mol. The third-order valence-electron chi connectivity index (χ3n) is 4.74. The number of hydrogen-bond donors (Lipinski definition) is 2. The van der Waals surface area contributed by atoms with E-state index in [2.05, 4.69) is 15.7 Å². The minimum atomic E-state index is -0.701. The number of amides is 3. The van der Waals surface area contributed by atoms with Crippen LogP contribution in [0, 0.1) is 13.8 Å². The molecule has 0 fully saturated rings. The van der Waals surface area contributed by atoms with Gasteiger partial charge in [-0.1, -0.05) is 30.3 Å². The van der Waals surface area contributed by atoms with Crippen LogP contribution in [0.5, 0.6) is 0 Å². The van der Waals surface area contributed by atoms with E-state index in [1.807, 2.05) is 62.5 Å². The Hall–Kier alpha value is -3.94. The standard InChI is InChI=1S/C23H24N4O4/c1-16-7-6-10-20(17(16)2)25-23(30)26-21(28)15-31-22(29)12-11-18-13-24-27(14-18)19-8-4-3-5-9-19/h3-10,13-14H,11-12,15H2,1-2H3,(H2,25,26,28,30). The number of imide groups is 1. The van der Waals surface area contributed by atoms with Crippen molar-refractivity contribution in [1.82, 2.24) is 15.1 Å². The monoisotopic (exact) mass is 420 g/mol. The molecule has 0 saturated carbocycles. The van der Waals surface area contributed by atoms with Crippen molar-refractivity contribution < 1.29 is 19.1 Å². The van der Waals surface area contributed by atoms with E-state index in [4.69, 9.17) is 4.74 Å². The topological polar surface area (TPSA) is 102 Å². The molecule has 2 N–H and O–H groups in total. The quantitative estimate of drug-likeness (QED) is 0.571. The fraction of sp³-hybridized carbons (Fsp3) is 0.217. The molecule has 1 aromatic heterocycles. The maximum Gasteiger partial charge on any atom is 0.325 e. The molecule has 2 aromatic carbocycles. The van der Waals surface area contributed by atoms with Gasteiger partial charge in [-0.15, -0.1) is 0 Å². The number of carbonyl (C=O) groups is 3. The first-order valence-electron chi connectivity index (χ1n) is 9.84. The average molecular weight is 420 g/mol. The van der Waals surface area contributed by atoms with E-state index in [9.17, 15) is 14.4 Å². The minimum Gasteiger partial charge on any atom is -0.456 e. The summed E-state index contributed by atoms with van der Waals surface area (Å²) >= 11 is 0. The first-order valence-corrected chi connectivity index (χ1v) is 9.84. The number of anilines is 1. The number of rotatable bonds is 7. The zero-order chi connectivity index (χ0) is 22.2. The Morgan fingerprint density at radius 1 is 1.03 bits per heavy atom. The summed E-state index contributed by atoms with van der Waals surface area (Å²) in [4.78, 5) is 35.8. The third kappa shape index (κ3) is 6.27. The van der Waals surface area contributed by atoms with Crippen LogP contribution < -0.4 is 10.6 Å². The van der Waals surface area contributed by atoms with Crippen LogP contribution in [0.4, 0.5) is 10.5 Å². The number of aryl methyl sites for hydroxylation is 2. The number of esters is 1. The van der Waals surface area contributed by atoms with E-state index >= 15 is 0 Å². The highest BCUT2D eigenvalue weighted by atomic mass is 16.5. The summed E-state index contributed by atoms with van der Waals surface area (Å²) < 4.78 is 6.68. The van der Waals surface area contributed by atoms with Crippen LogP contribution in [0.3, 0.4) is 0 Å². The lowest BCUT2D eigenvalue weighted by Gasteiger charge is -2.11. The largest absolute Gasteiger partial charge is 0.456 e. The third-order valence-corrected chi connectivity index (χ3v) is 4.74. The normalized spacial score (nSPS) is 10.4. The van der Waals surface area contributed by atoms with E-state index in [1.165, 1.54) is 0 Å². The van der Waals surface area contributed by atoms with Crippen molar-refractivity contribution in [3.63, 3.8) is 0 Å². The fourth-order valence-corrected chi connectivity index (χ4v) is 2.88. The number of aromatic nitrogens is 2. The lowest BCUT2D eigenvalue weighted by atomic mass is 10.1. The summed E-state index contributed by atoms with van der Waals surface area (Å²) in [5.74, 6) is -1.23. The van der Waals surface area contributed by atoms with E-state index in [-0.39, 0.29) is 6.42 Å². The summed E-state index contributed by atoms with van der Waals surface area (Å²) in [6.45, 7) is 3.27. The van der Waals surface area contributed by atoms with Gasteiger partial charge in [-0.3, -0.25) is 14.9 Å². The van der Waals surface area contributed by atoms with Crippen LogP contribution in [0.1, 0.15) is 23.1 Å². The van der Waals surface area contributed by atoms with Gasteiger partial charge in [-0.2, -0.15) is 5.10 Å². The Morgan fingerprint density at radius 3 is 2.58 bits per heavy atom. The number of ether oxygens (including phenoxy) is 1. The van der Waals surface area contributed by atoms with Gasteiger partial charge in [0.25, 0.3) is 5.91 Å². The molecule has 0 radical (unpaired) electrons. The van der Waals surface area contributed by atoms with E-state index in [0.717, 1.165) is 22.4 Å². The predicted octanol–water partition coefficient (Wildman–Crippen LogP) is 3.31. The van der Waals surface area contributed by atoms with Gasteiger partial charge in [-0.25, -0.2) is 9.48 Å². The maximum atomic E-state index is 12.0. The minimum absolute atomic E-state index is 0.0996. The SMILES string of the molecule is Cc1cccc(NC(=O)NC(=O)COC(=O)CCc2cnn(-c3ccccc3)c2)c1C. The number of urea groups is 1. The van der Waals surface area contributed by atoms with Gasteiger partial charge in [0.05, 0.1) is 11.9 Å². The van der Waals surface area contributed by atoms with Crippen molar-refractivity contribution in [3.05, 3.63) is 77.6 Å². The second kappa shape index (κ2) is 10.2. The first kappa shape index (κ1) is 21.8.